The van der Waals surface area contributed by atoms with Gasteiger partial charge in [0.1, 0.15) is 11.2 Å². The smallest absolute Gasteiger partial charge is 0.137 e. The molecule has 0 saturated heterocycles. The van der Waals surface area contributed by atoms with Crippen LogP contribution in [0.25, 0.3) is 55.0 Å². The van der Waals surface area contributed by atoms with Gasteiger partial charge in [0.2, 0.25) is 0 Å². The van der Waals surface area contributed by atoms with E-state index in [0.29, 0.717) is 0 Å². The van der Waals surface area contributed by atoms with Gasteiger partial charge < -0.3 is 9.32 Å². The average molecular weight is 538 g/mol. The molecule has 0 fully saturated rings. The van der Waals surface area contributed by atoms with Crippen molar-refractivity contribution in [2.75, 3.05) is 4.90 Å². The Morgan fingerprint density at radius 3 is 2.00 bits per heavy atom. The van der Waals surface area contributed by atoms with E-state index in [1.807, 2.05) is 12.1 Å². The van der Waals surface area contributed by atoms with Gasteiger partial charge in [-0.3, -0.25) is 0 Å². The van der Waals surface area contributed by atoms with Crippen molar-refractivity contribution in [3.8, 4) is 22.3 Å². The van der Waals surface area contributed by atoms with E-state index in [-0.39, 0.29) is 0 Å². The van der Waals surface area contributed by atoms with Crippen molar-refractivity contribution in [2.45, 2.75) is 0 Å². The first-order chi connectivity index (χ1) is 20.8. The third-order valence-electron chi connectivity index (χ3n) is 8.04. The maximum atomic E-state index is 6.34. The van der Waals surface area contributed by atoms with Crippen molar-refractivity contribution in [2.24, 2.45) is 0 Å². The van der Waals surface area contributed by atoms with Crippen molar-refractivity contribution in [3.63, 3.8) is 0 Å². The quantitative estimate of drug-likeness (QED) is 0.217. The number of hydrogen-bond donors (Lipinski definition) is 0. The highest BCUT2D eigenvalue weighted by Crippen LogP contribution is 2.43. The number of benzene rings is 7. The Balaban J connectivity index is 1.34. The van der Waals surface area contributed by atoms with Crippen LogP contribution in [0.15, 0.2) is 168 Å². The summed E-state index contributed by atoms with van der Waals surface area (Å²) in [5.41, 5.74) is 9.72. The summed E-state index contributed by atoms with van der Waals surface area (Å²) in [5.74, 6) is 0. The van der Waals surface area contributed by atoms with E-state index in [4.69, 9.17) is 4.42 Å². The van der Waals surface area contributed by atoms with Crippen LogP contribution in [0.2, 0.25) is 0 Å². The van der Waals surface area contributed by atoms with Gasteiger partial charge in [-0.15, -0.1) is 0 Å². The number of furan rings is 1. The van der Waals surface area contributed by atoms with Gasteiger partial charge in [-0.05, 0) is 69.9 Å². The van der Waals surface area contributed by atoms with Crippen LogP contribution in [0.1, 0.15) is 0 Å². The summed E-state index contributed by atoms with van der Waals surface area (Å²) in [4.78, 5) is 2.35. The van der Waals surface area contributed by atoms with Gasteiger partial charge in [-0.25, -0.2) is 0 Å². The normalized spacial score (nSPS) is 11.3. The molecular formula is C40H27NO. The molecule has 42 heavy (non-hydrogen) atoms. The highest BCUT2D eigenvalue weighted by atomic mass is 16.3. The predicted molar refractivity (Wildman–Crippen MR) is 177 cm³/mol. The molecule has 0 N–H and O–H groups in total. The van der Waals surface area contributed by atoms with Crippen molar-refractivity contribution >= 4 is 49.8 Å². The van der Waals surface area contributed by atoms with Crippen LogP contribution in [-0.2, 0) is 0 Å². The van der Waals surface area contributed by atoms with Crippen LogP contribution in [0.3, 0.4) is 0 Å². The zero-order valence-electron chi connectivity index (χ0n) is 22.9. The Labute approximate surface area is 244 Å². The Hall–Kier alpha value is -5.60. The molecule has 0 unspecified atom stereocenters. The average Bonchev–Trinajstić information content (AvgIpc) is 3.43. The van der Waals surface area contributed by atoms with Gasteiger partial charge in [0.15, 0.2) is 0 Å². The zero-order valence-corrected chi connectivity index (χ0v) is 22.9. The number of nitrogens with zero attached hydrogens (tertiary/aromatic N) is 1. The number of rotatable bonds is 5. The zero-order chi connectivity index (χ0) is 27.9. The van der Waals surface area contributed by atoms with Crippen molar-refractivity contribution < 1.29 is 4.42 Å². The van der Waals surface area contributed by atoms with Gasteiger partial charge in [0, 0.05) is 33.8 Å². The molecule has 0 aliphatic rings. The van der Waals surface area contributed by atoms with Crippen LogP contribution in [0.5, 0.6) is 0 Å². The Morgan fingerprint density at radius 2 is 1.07 bits per heavy atom. The van der Waals surface area contributed by atoms with Gasteiger partial charge in [0.25, 0.3) is 0 Å². The lowest BCUT2D eigenvalue weighted by molar-refractivity contribution is 0.669. The lowest BCUT2D eigenvalue weighted by Gasteiger charge is -2.28. The maximum absolute atomic E-state index is 6.34. The van der Waals surface area contributed by atoms with E-state index in [9.17, 15) is 0 Å². The van der Waals surface area contributed by atoms with Crippen molar-refractivity contribution in [1.82, 2.24) is 0 Å². The molecule has 0 aliphatic heterocycles. The van der Waals surface area contributed by atoms with E-state index in [1.54, 1.807) is 0 Å². The molecule has 1 aromatic heterocycles. The molecule has 0 saturated carbocycles. The van der Waals surface area contributed by atoms with Crippen LogP contribution in [-0.4, -0.2) is 0 Å². The summed E-state index contributed by atoms with van der Waals surface area (Å²) in [6, 6.07) is 58.0. The van der Waals surface area contributed by atoms with E-state index < -0.39 is 0 Å². The fourth-order valence-corrected chi connectivity index (χ4v) is 6.00. The Bertz CT molecular complexity index is 2210. The van der Waals surface area contributed by atoms with Crippen LogP contribution in [0.4, 0.5) is 17.1 Å². The minimum Gasteiger partial charge on any atom is -0.456 e. The molecule has 2 nitrogen and oxygen atoms in total. The number of hydrogen-bond acceptors (Lipinski definition) is 2. The molecule has 0 aliphatic carbocycles. The summed E-state index contributed by atoms with van der Waals surface area (Å²) < 4.78 is 6.34. The van der Waals surface area contributed by atoms with E-state index in [1.165, 1.54) is 33.0 Å². The van der Waals surface area contributed by atoms with Gasteiger partial charge in [-0.2, -0.15) is 0 Å². The lowest BCUT2D eigenvalue weighted by Crippen LogP contribution is -2.11. The molecule has 8 rings (SSSR count). The van der Waals surface area contributed by atoms with Gasteiger partial charge in [0.05, 0.1) is 5.69 Å². The molecule has 2 heteroatoms. The second-order valence-electron chi connectivity index (χ2n) is 10.6. The molecule has 0 spiro atoms. The molecule has 8 aromatic rings. The van der Waals surface area contributed by atoms with Crippen molar-refractivity contribution in [1.29, 1.82) is 0 Å². The molecule has 0 bridgehead atoms. The standard InChI is InChI=1S/C40H27NO/c1-2-12-29(13-3-1)35-17-6-8-19-38(35)41(34-23-24-37-36-18-7-9-20-39(36)42-40(37)27-34)33-16-10-15-31(26-33)32-22-21-28-11-4-5-14-30(28)25-32/h1-27H. The van der Waals surface area contributed by atoms with Crippen molar-refractivity contribution in [3.05, 3.63) is 164 Å². The van der Waals surface area contributed by atoms with Crippen LogP contribution < -0.4 is 4.90 Å². The molecule has 198 valence electrons. The third-order valence-corrected chi connectivity index (χ3v) is 8.04. The van der Waals surface area contributed by atoms with Crippen LogP contribution >= 0.6 is 0 Å². The molecule has 7 aromatic carbocycles. The Kier molecular flexibility index (Phi) is 5.82. The minimum atomic E-state index is 0.876. The maximum Gasteiger partial charge on any atom is 0.137 e. The number of fused-ring (bicyclic) bond motifs is 4. The second-order valence-corrected chi connectivity index (χ2v) is 10.6. The highest BCUT2D eigenvalue weighted by Gasteiger charge is 2.19. The largest absolute Gasteiger partial charge is 0.456 e. The second kappa shape index (κ2) is 10.1. The van der Waals surface area contributed by atoms with Gasteiger partial charge >= 0.3 is 0 Å². The molecule has 0 atom stereocenters. The molecule has 0 amide bonds. The molecule has 0 radical (unpaired) electrons. The fraction of sp³-hybridized carbons (Fsp3) is 0. The predicted octanol–water partition coefficient (Wildman–Crippen LogP) is 11.5. The minimum absolute atomic E-state index is 0.876. The summed E-state index contributed by atoms with van der Waals surface area (Å²) >= 11 is 0. The first kappa shape index (κ1) is 24.2. The molecule has 1 heterocycles. The SMILES string of the molecule is c1ccc(-c2ccccc2N(c2cccc(-c3ccc4ccccc4c3)c2)c2ccc3c(c2)oc2ccccc23)cc1. The highest BCUT2D eigenvalue weighted by molar-refractivity contribution is 6.06. The van der Waals surface area contributed by atoms with Gasteiger partial charge in [-0.1, -0.05) is 115 Å². The summed E-state index contributed by atoms with van der Waals surface area (Å²) in [6.45, 7) is 0. The topological polar surface area (TPSA) is 16.4 Å². The summed E-state index contributed by atoms with van der Waals surface area (Å²) in [6.07, 6.45) is 0. The number of anilines is 3. The van der Waals surface area contributed by atoms with E-state index in [0.717, 1.165) is 39.0 Å². The summed E-state index contributed by atoms with van der Waals surface area (Å²) in [5, 5.41) is 4.74. The third kappa shape index (κ3) is 4.22. The summed E-state index contributed by atoms with van der Waals surface area (Å²) in [7, 11) is 0. The fourth-order valence-electron chi connectivity index (χ4n) is 6.00. The first-order valence-electron chi connectivity index (χ1n) is 14.3. The number of para-hydroxylation sites is 2. The van der Waals surface area contributed by atoms with E-state index in [2.05, 4.69) is 157 Å². The lowest BCUT2D eigenvalue weighted by atomic mass is 9.99. The van der Waals surface area contributed by atoms with E-state index >= 15 is 0 Å². The van der Waals surface area contributed by atoms with Crippen LogP contribution in [0, 0.1) is 0 Å². The first-order valence-corrected chi connectivity index (χ1v) is 14.3. The molecular weight excluding hydrogens is 510 g/mol. The Morgan fingerprint density at radius 1 is 0.381 bits per heavy atom. The monoisotopic (exact) mass is 537 g/mol.